The summed E-state index contributed by atoms with van der Waals surface area (Å²) in [5, 5.41) is 39.1. The molecule has 1 saturated heterocycles. The summed E-state index contributed by atoms with van der Waals surface area (Å²) < 4.78 is 17.0. The Bertz CT molecular complexity index is 791. The molecule has 7 nitrogen and oxygen atoms in total. The third-order valence-corrected chi connectivity index (χ3v) is 5.35. The van der Waals surface area contributed by atoms with E-state index in [9.17, 15) is 20.4 Å². The molecule has 0 aliphatic carbocycles. The molecule has 1 fully saturated rings. The van der Waals surface area contributed by atoms with Gasteiger partial charge in [-0.3, -0.25) is 0 Å². The van der Waals surface area contributed by atoms with Crippen LogP contribution in [0.25, 0.3) is 0 Å². The Morgan fingerprint density at radius 1 is 0.871 bits per heavy atom. The van der Waals surface area contributed by atoms with Crippen LogP contribution in [0, 0.1) is 0 Å². The summed E-state index contributed by atoms with van der Waals surface area (Å²) in [6.45, 7) is 3.67. The van der Waals surface area contributed by atoms with Crippen molar-refractivity contribution in [2.75, 3.05) is 6.61 Å². The number of aryl methyl sites for hydroxylation is 1. The van der Waals surface area contributed by atoms with Gasteiger partial charge >= 0.3 is 0 Å². The molecule has 1 unspecified atom stereocenters. The predicted octanol–water partition coefficient (Wildman–Crippen LogP) is 1.83. The first-order chi connectivity index (χ1) is 14.9. The van der Waals surface area contributed by atoms with Gasteiger partial charge in [-0.1, -0.05) is 37.6 Å². The molecule has 0 amide bonds. The number of ether oxygens (including phenoxy) is 3. The molecular weight excluding hydrogens is 400 g/mol. The van der Waals surface area contributed by atoms with Gasteiger partial charge in [-0.15, -0.1) is 0 Å². The highest BCUT2D eigenvalue weighted by Gasteiger charge is 2.44. The smallest absolute Gasteiger partial charge is 0.229 e. The van der Waals surface area contributed by atoms with Gasteiger partial charge < -0.3 is 34.6 Å². The highest BCUT2D eigenvalue weighted by molar-refractivity contribution is 5.29. The van der Waals surface area contributed by atoms with Crippen LogP contribution in [0.2, 0.25) is 0 Å². The van der Waals surface area contributed by atoms with Crippen LogP contribution < -0.4 is 9.47 Å². The topological polar surface area (TPSA) is 109 Å². The van der Waals surface area contributed by atoms with E-state index in [1.807, 2.05) is 31.2 Å². The number of aliphatic hydroxyl groups is 4. The average Bonchev–Trinajstić information content (AvgIpc) is 2.77. The SMILES string of the molecule is CCCc1ccc(OC(C)Cc2ccc(O[C@@H]3O[C@H](CO)[C@@H](O)[C@H](O)[C@H]3O)cc2)cc1. The molecule has 0 bridgehead atoms. The number of hydrogen-bond acceptors (Lipinski definition) is 7. The van der Waals surface area contributed by atoms with Crippen LogP contribution in [0.15, 0.2) is 48.5 Å². The maximum Gasteiger partial charge on any atom is 0.229 e. The summed E-state index contributed by atoms with van der Waals surface area (Å²) in [6, 6.07) is 15.4. The zero-order chi connectivity index (χ0) is 22.4. The van der Waals surface area contributed by atoms with Crippen molar-refractivity contribution in [1.82, 2.24) is 0 Å². The van der Waals surface area contributed by atoms with Gasteiger partial charge in [-0.05, 0) is 48.7 Å². The summed E-state index contributed by atoms with van der Waals surface area (Å²) in [5.41, 5.74) is 2.36. The second-order valence-electron chi connectivity index (χ2n) is 7.99. The molecule has 0 radical (unpaired) electrons. The normalized spacial score (nSPS) is 27.0. The minimum absolute atomic E-state index is 0.0192. The molecule has 0 spiro atoms. The Hall–Kier alpha value is -2.16. The van der Waals surface area contributed by atoms with Crippen LogP contribution >= 0.6 is 0 Å². The molecule has 170 valence electrons. The molecule has 7 heteroatoms. The second-order valence-corrected chi connectivity index (χ2v) is 7.99. The van der Waals surface area contributed by atoms with Crippen molar-refractivity contribution in [3.63, 3.8) is 0 Å². The lowest BCUT2D eigenvalue weighted by Crippen LogP contribution is -2.60. The van der Waals surface area contributed by atoms with Crippen molar-refractivity contribution in [3.8, 4) is 11.5 Å². The lowest BCUT2D eigenvalue weighted by molar-refractivity contribution is -0.277. The van der Waals surface area contributed by atoms with Crippen LogP contribution in [0.4, 0.5) is 0 Å². The second kappa shape index (κ2) is 10.9. The van der Waals surface area contributed by atoms with Crippen molar-refractivity contribution in [1.29, 1.82) is 0 Å². The van der Waals surface area contributed by atoms with E-state index in [4.69, 9.17) is 14.2 Å². The van der Waals surface area contributed by atoms with Crippen molar-refractivity contribution in [2.24, 2.45) is 0 Å². The van der Waals surface area contributed by atoms with Gasteiger partial charge in [0, 0.05) is 6.42 Å². The Balaban J connectivity index is 1.53. The van der Waals surface area contributed by atoms with Crippen LogP contribution in [-0.2, 0) is 17.6 Å². The van der Waals surface area contributed by atoms with Crippen LogP contribution in [0.3, 0.4) is 0 Å². The van der Waals surface area contributed by atoms with Crippen molar-refractivity contribution >= 4 is 0 Å². The number of hydrogen-bond donors (Lipinski definition) is 4. The first-order valence-electron chi connectivity index (χ1n) is 10.7. The number of rotatable bonds is 9. The molecule has 1 aliphatic heterocycles. The Kier molecular flexibility index (Phi) is 8.28. The van der Waals surface area contributed by atoms with E-state index in [0.717, 1.165) is 24.2 Å². The molecule has 1 heterocycles. The minimum Gasteiger partial charge on any atom is -0.490 e. The first kappa shape index (κ1) is 23.5. The molecule has 4 N–H and O–H groups in total. The molecule has 3 rings (SSSR count). The molecule has 1 aliphatic rings. The summed E-state index contributed by atoms with van der Waals surface area (Å²) in [5.74, 6) is 1.28. The monoisotopic (exact) mass is 432 g/mol. The standard InChI is InChI=1S/C24H32O7/c1-3-4-16-5-9-18(10-6-16)29-15(2)13-17-7-11-19(12-8-17)30-24-23(28)22(27)21(26)20(14-25)31-24/h5-12,15,20-28H,3-4,13-14H2,1-2H3/t15?,20-,21-,22+,23-,24-/m1/s1. The third-order valence-electron chi connectivity index (χ3n) is 5.35. The van der Waals surface area contributed by atoms with E-state index in [2.05, 4.69) is 19.1 Å². The summed E-state index contributed by atoms with van der Waals surface area (Å²) in [7, 11) is 0. The Morgan fingerprint density at radius 3 is 2.10 bits per heavy atom. The van der Waals surface area contributed by atoms with Crippen molar-refractivity contribution in [2.45, 2.75) is 69.9 Å². The van der Waals surface area contributed by atoms with Gasteiger partial charge in [-0.2, -0.15) is 0 Å². The highest BCUT2D eigenvalue weighted by atomic mass is 16.7. The molecular formula is C24H32O7. The quantitative estimate of drug-likeness (QED) is 0.479. The van der Waals surface area contributed by atoms with Gasteiger partial charge in [0.2, 0.25) is 6.29 Å². The summed E-state index contributed by atoms with van der Waals surface area (Å²) >= 11 is 0. The maximum atomic E-state index is 10.1. The number of aliphatic hydroxyl groups excluding tert-OH is 4. The van der Waals surface area contributed by atoms with Gasteiger partial charge in [0.05, 0.1) is 12.7 Å². The third kappa shape index (κ3) is 6.18. The van der Waals surface area contributed by atoms with E-state index in [-0.39, 0.29) is 6.10 Å². The zero-order valence-electron chi connectivity index (χ0n) is 17.9. The van der Waals surface area contributed by atoms with Gasteiger partial charge in [0.15, 0.2) is 0 Å². The van der Waals surface area contributed by atoms with Crippen molar-refractivity contribution < 1.29 is 34.6 Å². The molecule has 0 saturated carbocycles. The molecule has 2 aromatic carbocycles. The fourth-order valence-electron chi connectivity index (χ4n) is 3.63. The Labute approximate surface area is 182 Å². The predicted molar refractivity (Wildman–Crippen MR) is 115 cm³/mol. The van der Waals surface area contributed by atoms with Crippen LogP contribution in [0.1, 0.15) is 31.4 Å². The van der Waals surface area contributed by atoms with Gasteiger partial charge in [0.1, 0.15) is 35.9 Å². The van der Waals surface area contributed by atoms with E-state index < -0.39 is 37.3 Å². The molecule has 6 atom stereocenters. The average molecular weight is 433 g/mol. The maximum absolute atomic E-state index is 10.1. The molecule has 31 heavy (non-hydrogen) atoms. The van der Waals surface area contributed by atoms with Crippen LogP contribution in [0.5, 0.6) is 11.5 Å². The summed E-state index contributed by atoms with van der Waals surface area (Å²) in [4.78, 5) is 0. The van der Waals surface area contributed by atoms with Crippen molar-refractivity contribution in [3.05, 3.63) is 59.7 Å². The van der Waals surface area contributed by atoms with E-state index in [1.165, 1.54) is 5.56 Å². The van der Waals surface area contributed by atoms with Gasteiger partial charge in [0.25, 0.3) is 0 Å². The minimum atomic E-state index is -1.47. The highest BCUT2D eigenvalue weighted by Crippen LogP contribution is 2.25. The van der Waals surface area contributed by atoms with Crippen LogP contribution in [-0.4, -0.2) is 63.8 Å². The lowest BCUT2D eigenvalue weighted by Gasteiger charge is -2.39. The van der Waals surface area contributed by atoms with E-state index in [0.29, 0.717) is 12.2 Å². The first-order valence-corrected chi connectivity index (χ1v) is 10.7. The van der Waals surface area contributed by atoms with E-state index in [1.54, 1.807) is 12.1 Å². The van der Waals surface area contributed by atoms with Gasteiger partial charge in [-0.25, -0.2) is 0 Å². The number of benzene rings is 2. The largest absolute Gasteiger partial charge is 0.490 e. The fraction of sp³-hybridized carbons (Fsp3) is 0.500. The fourth-order valence-corrected chi connectivity index (χ4v) is 3.63. The summed E-state index contributed by atoms with van der Waals surface area (Å²) in [6.07, 6.45) is -3.65. The zero-order valence-corrected chi connectivity index (χ0v) is 17.9. The van der Waals surface area contributed by atoms with E-state index >= 15 is 0 Å². The lowest BCUT2D eigenvalue weighted by atomic mass is 9.99. The molecule has 0 aromatic heterocycles. The molecule has 2 aromatic rings. The Morgan fingerprint density at radius 2 is 1.48 bits per heavy atom.